The largest absolute Gasteiger partial charge is 0.497 e. The van der Waals surface area contributed by atoms with Crippen molar-refractivity contribution in [2.75, 3.05) is 38.8 Å². The molecule has 0 unspecified atom stereocenters. The van der Waals surface area contributed by atoms with E-state index in [4.69, 9.17) is 14.7 Å². The van der Waals surface area contributed by atoms with Gasteiger partial charge in [-0.25, -0.2) is 0 Å². The van der Waals surface area contributed by atoms with Crippen molar-refractivity contribution in [3.05, 3.63) is 24.3 Å². The molecule has 0 amide bonds. The quantitative estimate of drug-likeness (QED) is 0.792. The molecule has 0 spiro atoms. The van der Waals surface area contributed by atoms with Crippen LogP contribution in [0.1, 0.15) is 0 Å². The predicted octanol–water partition coefficient (Wildman–Crippen LogP) is 1.67. The maximum Gasteiger partial charge on any atom is 0.121 e. The lowest BCUT2D eigenvalue weighted by atomic mass is 9.87. The van der Waals surface area contributed by atoms with Gasteiger partial charge in [0.15, 0.2) is 0 Å². The Bertz CT molecular complexity index is 418. The standard InChI is InChI=1S/C13H16N2O2/c1-15(8-13(7-14)9-17-10-13)11-3-5-12(16-2)6-4-11/h3-6H,8-10H2,1-2H3. The third-order valence-electron chi connectivity index (χ3n) is 3.05. The van der Waals surface area contributed by atoms with Crippen LogP contribution in [-0.2, 0) is 4.74 Å². The Morgan fingerprint density at radius 3 is 2.47 bits per heavy atom. The molecular weight excluding hydrogens is 216 g/mol. The molecule has 0 aromatic heterocycles. The monoisotopic (exact) mass is 232 g/mol. The highest BCUT2D eigenvalue weighted by Crippen LogP contribution is 2.29. The number of nitrogens with zero attached hydrogens (tertiary/aromatic N) is 2. The average molecular weight is 232 g/mol. The lowest BCUT2D eigenvalue weighted by Gasteiger charge is -2.38. The molecule has 1 aliphatic rings. The van der Waals surface area contributed by atoms with Gasteiger partial charge in [-0.1, -0.05) is 0 Å². The number of hydrogen-bond donors (Lipinski definition) is 0. The van der Waals surface area contributed by atoms with Crippen LogP contribution in [0.4, 0.5) is 5.69 Å². The van der Waals surface area contributed by atoms with E-state index in [0.717, 1.165) is 11.4 Å². The number of benzene rings is 1. The molecule has 0 bridgehead atoms. The molecule has 0 saturated carbocycles. The highest BCUT2D eigenvalue weighted by molar-refractivity contribution is 5.49. The fourth-order valence-corrected chi connectivity index (χ4v) is 1.92. The van der Waals surface area contributed by atoms with Crippen LogP contribution in [-0.4, -0.2) is 33.9 Å². The zero-order valence-electron chi connectivity index (χ0n) is 10.1. The zero-order chi connectivity index (χ0) is 12.3. The predicted molar refractivity (Wildman–Crippen MR) is 65.1 cm³/mol. The molecule has 4 heteroatoms. The molecule has 1 aliphatic heterocycles. The summed E-state index contributed by atoms with van der Waals surface area (Å²) in [4.78, 5) is 2.07. The van der Waals surface area contributed by atoms with Crippen molar-refractivity contribution in [3.63, 3.8) is 0 Å². The van der Waals surface area contributed by atoms with Gasteiger partial charge in [-0.05, 0) is 24.3 Å². The third-order valence-corrected chi connectivity index (χ3v) is 3.05. The van der Waals surface area contributed by atoms with Crippen LogP contribution in [0.25, 0.3) is 0 Å². The molecule has 2 rings (SSSR count). The van der Waals surface area contributed by atoms with Gasteiger partial charge in [0.25, 0.3) is 0 Å². The van der Waals surface area contributed by atoms with Crippen molar-refractivity contribution >= 4 is 5.69 Å². The minimum Gasteiger partial charge on any atom is -0.497 e. The topological polar surface area (TPSA) is 45.5 Å². The van der Waals surface area contributed by atoms with Gasteiger partial charge in [-0.3, -0.25) is 0 Å². The Hall–Kier alpha value is -1.73. The van der Waals surface area contributed by atoms with Gasteiger partial charge in [0, 0.05) is 19.3 Å². The van der Waals surface area contributed by atoms with Crippen molar-refractivity contribution in [3.8, 4) is 11.8 Å². The second-order valence-corrected chi connectivity index (χ2v) is 4.44. The minimum atomic E-state index is -0.339. The summed E-state index contributed by atoms with van der Waals surface area (Å²) < 4.78 is 10.2. The first kappa shape index (κ1) is 11.7. The highest BCUT2D eigenvalue weighted by atomic mass is 16.5. The second-order valence-electron chi connectivity index (χ2n) is 4.44. The van der Waals surface area contributed by atoms with Crippen LogP contribution in [0, 0.1) is 16.7 Å². The van der Waals surface area contributed by atoms with Crippen LogP contribution in [0.3, 0.4) is 0 Å². The molecule has 1 heterocycles. The molecule has 90 valence electrons. The molecule has 0 radical (unpaired) electrons. The lowest BCUT2D eigenvalue weighted by molar-refractivity contribution is -0.0716. The zero-order valence-corrected chi connectivity index (χ0v) is 10.1. The molecule has 0 N–H and O–H groups in total. The molecule has 1 aromatic carbocycles. The lowest BCUT2D eigenvalue weighted by Crippen LogP contribution is -2.49. The summed E-state index contributed by atoms with van der Waals surface area (Å²) in [5.41, 5.74) is 0.738. The van der Waals surface area contributed by atoms with E-state index < -0.39 is 0 Å². The van der Waals surface area contributed by atoms with E-state index in [9.17, 15) is 0 Å². The molecule has 1 saturated heterocycles. The van der Waals surface area contributed by atoms with E-state index in [1.54, 1.807) is 7.11 Å². The number of hydrogen-bond acceptors (Lipinski definition) is 4. The summed E-state index contributed by atoms with van der Waals surface area (Å²) in [5.74, 6) is 0.837. The van der Waals surface area contributed by atoms with E-state index in [0.29, 0.717) is 19.8 Å². The Balaban J connectivity index is 2.04. The van der Waals surface area contributed by atoms with Gasteiger partial charge in [0.2, 0.25) is 0 Å². The Morgan fingerprint density at radius 2 is 2.06 bits per heavy atom. The SMILES string of the molecule is COc1ccc(N(C)CC2(C#N)COC2)cc1. The summed E-state index contributed by atoms with van der Waals surface area (Å²) >= 11 is 0. The van der Waals surface area contributed by atoms with Gasteiger partial charge in [0.1, 0.15) is 11.2 Å². The Morgan fingerprint density at radius 1 is 1.41 bits per heavy atom. The Kier molecular flexibility index (Phi) is 3.21. The minimum absolute atomic E-state index is 0.339. The third kappa shape index (κ3) is 2.34. The van der Waals surface area contributed by atoms with Crippen molar-refractivity contribution in [1.82, 2.24) is 0 Å². The van der Waals surface area contributed by atoms with Gasteiger partial charge in [0.05, 0.1) is 26.4 Å². The average Bonchev–Trinajstić information content (AvgIpc) is 2.33. The molecule has 4 nitrogen and oxygen atoms in total. The number of methoxy groups -OCH3 is 1. The smallest absolute Gasteiger partial charge is 0.121 e. The number of ether oxygens (including phenoxy) is 2. The summed E-state index contributed by atoms with van der Waals surface area (Å²) in [6.07, 6.45) is 0. The molecule has 1 aromatic rings. The van der Waals surface area contributed by atoms with Gasteiger partial charge < -0.3 is 14.4 Å². The molecule has 17 heavy (non-hydrogen) atoms. The van der Waals surface area contributed by atoms with E-state index >= 15 is 0 Å². The fourth-order valence-electron chi connectivity index (χ4n) is 1.92. The fraction of sp³-hybridized carbons (Fsp3) is 0.462. The highest BCUT2D eigenvalue weighted by Gasteiger charge is 2.40. The van der Waals surface area contributed by atoms with Crippen LogP contribution in [0.5, 0.6) is 5.75 Å². The van der Waals surface area contributed by atoms with Crippen molar-refractivity contribution in [2.45, 2.75) is 0 Å². The van der Waals surface area contributed by atoms with Gasteiger partial charge in [-0.15, -0.1) is 0 Å². The molecule has 0 atom stereocenters. The maximum absolute atomic E-state index is 9.14. The van der Waals surface area contributed by atoms with E-state index in [2.05, 4.69) is 11.0 Å². The number of nitriles is 1. The first-order valence-electron chi connectivity index (χ1n) is 5.53. The summed E-state index contributed by atoms with van der Waals surface area (Å²) in [6, 6.07) is 10.2. The second kappa shape index (κ2) is 4.64. The van der Waals surface area contributed by atoms with Crippen molar-refractivity contribution in [2.24, 2.45) is 5.41 Å². The normalized spacial score (nSPS) is 16.8. The van der Waals surface area contributed by atoms with Crippen LogP contribution >= 0.6 is 0 Å². The number of anilines is 1. The summed E-state index contributed by atoms with van der Waals surface area (Å²) in [6.45, 7) is 1.75. The first-order chi connectivity index (χ1) is 8.19. The first-order valence-corrected chi connectivity index (χ1v) is 5.53. The van der Waals surface area contributed by atoms with Crippen LogP contribution < -0.4 is 9.64 Å². The molecule has 0 aliphatic carbocycles. The van der Waals surface area contributed by atoms with E-state index in [-0.39, 0.29) is 5.41 Å². The van der Waals surface area contributed by atoms with Crippen molar-refractivity contribution in [1.29, 1.82) is 5.26 Å². The maximum atomic E-state index is 9.14. The van der Waals surface area contributed by atoms with Crippen LogP contribution in [0.2, 0.25) is 0 Å². The Labute approximate surface area is 101 Å². The summed E-state index contributed by atoms with van der Waals surface area (Å²) in [7, 11) is 3.63. The van der Waals surface area contributed by atoms with E-state index in [1.807, 2.05) is 31.3 Å². The molecule has 1 fully saturated rings. The van der Waals surface area contributed by atoms with Crippen LogP contribution in [0.15, 0.2) is 24.3 Å². The van der Waals surface area contributed by atoms with Gasteiger partial charge >= 0.3 is 0 Å². The van der Waals surface area contributed by atoms with E-state index in [1.165, 1.54) is 0 Å². The van der Waals surface area contributed by atoms with Gasteiger partial charge in [-0.2, -0.15) is 5.26 Å². The molecular formula is C13H16N2O2. The van der Waals surface area contributed by atoms with Crippen molar-refractivity contribution < 1.29 is 9.47 Å². The number of rotatable bonds is 4. The summed E-state index contributed by atoms with van der Waals surface area (Å²) in [5, 5.41) is 9.14.